The van der Waals surface area contributed by atoms with Gasteiger partial charge in [-0.25, -0.2) is 14.1 Å². The lowest BCUT2D eigenvalue weighted by molar-refractivity contribution is 0.131. The molecule has 4 rings (SSSR count). The van der Waals surface area contributed by atoms with Crippen LogP contribution in [0.25, 0.3) is 16.6 Å². The minimum atomic E-state index is -0.931. The lowest BCUT2D eigenvalue weighted by atomic mass is 9.93. The van der Waals surface area contributed by atoms with Crippen LogP contribution in [-0.4, -0.2) is 56.5 Å². The van der Waals surface area contributed by atoms with Crippen molar-refractivity contribution in [2.24, 2.45) is 5.92 Å². The SMILES string of the molecule is CC(C)COC(=O)Nc1cccc2nn3c(C4CCN(C(=O)O)CC4)cc(=O)[nH]c3c12. The molecule has 1 aliphatic heterocycles. The molecule has 0 spiro atoms. The number of amides is 2. The van der Waals surface area contributed by atoms with E-state index in [0.29, 0.717) is 54.8 Å². The first-order valence-corrected chi connectivity index (χ1v) is 10.3. The minimum Gasteiger partial charge on any atom is -0.465 e. The quantitative estimate of drug-likeness (QED) is 0.586. The smallest absolute Gasteiger partial charge is 0.411 e. The first kappa shape index (κ1) is 20.7. The van der Waals surface area contributed by atoms with Crippen LogP contribution >= 0.6 is 0 Å². The zero-order valence-electron chi connectivity index (χ0n) is 17.4. The van der Waals surface area contributed by atoms with E-state index in [-0.39, 0.29) is 17.4 Å². The molecule has 2 amide bonds. The van der Waals surface area contributed by atoms with Crippen molar-refractivity contribution in [2.45, 2.75) is 32.6 Å². The summed E-state index contributed by atoms with van der Waals surface area (Å²) >= 11 is 0. The average molecular weight is 427 g/mol. The van der Waals surface area contributed by atoms with Gasteiger partial charge >= 0.3 is 12.2 Å². The molecule has 1 fully saturated rings. The zero-order chi connectivity index (χ0) is 22.1. The Morgan fingerprint density at radius 2 is 2.06 bits per heavy atom. The summed E-state index contributed by atoms with van der Waals surface area (Å²) in [5.41, 5.74) is 2.05. The number of nitrogens with zero attached hydrogens (tertiary/aromatic N) is 3. The molecule has 31 heavy (non-hydrogen) atoms. The number of anilines is 1. The first-order chi connectivity index (χ1) is 14.8. The number of likely N-dealkylation sites (tertiary alicyclic amines) is 1. The van der Waals surface area contributed by atoms with Gasteiger partial charge in [0.1, 0.15) is 5.65 Å². The van der Waals surface area contributed by atoms with E-state index in [0.717, 1.165) is 5.69 Å². The molecular formula is C21H25N5O5. The third kappa shape index (κ3) is 4.18. The van der Waals surface area contributed by atoms with Crippen LogP contribution in [0.5, 0.6) is 0 Å². The molecule has 3 heterocycles. The predicted octanol–water partition coefficient (Wildman–Crippen LogP) is 3.24. The number of H-pyrrole nitrogens is 1. The predicted molar refractivity (Wildman–Crippen MR) is 115 cm³/mol. The molecule has 10 nitrogen and oxygen atoms in total. The van der Waals surface area contributed by atoms with Gasteiger partial charge in [0.2, 0.25) is 0 Å². The molecule has 1 saturated heterocycles. The number of carbonyl (C=O) groups excluding carboxylic acids is 1. The number of rotatable bonds is 4. The number of hydrogen-bond acceptors (Lipinski definition) is 5. The van der Waals surface area contributed by atoms with Crippen molar-refractivity contribution < 1.29 is 19.4 Å². The fourth-order valence-electron chi connectivity index (χ4n) is 3.94. The van der Waals surface area contributed by atoms with Crippen LogP contribution in [0, 0.1) is 5.92 Å². The van der Waals surface area contributed by atoms with Crippen molar-refractivity contribution in [1.82, 2.24) is 19.5 Å². The Morgan fingerprint density at radius 1 is 1.32 bits per heavy atom. The molecule has 3 aromatic rings. The van der Waals surface area contributed by atoms with Gasteiger partial charge in [-0.2, -0.15) is 5.10 Å². The molecule has 3 N–H and O–H groups in total. The van der Waals surface area contributed by atoms with Crippen molar-refractivity contribution in [3.8, 4) is 0 Å². The molecule has 10 heteroatoms. The molecule has 0 aliphatic carbocycles. The molecule has 0 radical (unpaired) electrons. The van der Waals surface area contributed by atoms with E-state index in [2.05, 4.69) is 15.4 Å². The van der Waals surface area contributed by atoms with Crippen LogP contribution in [0.2, 0.25) is 0 Å². The fraction of sp³-hybridized carbons (Fsp3) is 0.429. The van der Waals surface area contributed by atoms with Crippen LogP contribution in [0.15, 0.2) is 29.1 Å². The van der Waals surface area contributed by atoms with Crippen LogP contribution in [0.1, 0.15) is 38.3 Å². The summed E-state index contributed by atoms with van der Waals surface area (Å²) in [6, 6.07) is 6.83. The van der Waals surface area contributed by atoms with E-state index in [4.69, 9.17) is 4.74 Å². The van der Waals surface area contributed by atoms with Gasteiger partial charge in [-0.3, -0.25) is 10.1 Å². The van der Waals surface area contributed by atoms with Gasteiger partial charge in [-0.1, -0.05) is 19.9 Å². The van der Waals surface area contributed by atoms with Gasteiger partial charge in [0.15, 0.2) is 0 Å². The molecule has 164 valence electrons. The summed E-state index contributed by atoms with van der Waals surface area (Å²) in [5, 5.41) is 17.2. The van der Waals surface area contributed by atoms with Gasteiger partial charge in [-0.05, 0) is 30.9 Å². The zero-order valence-corrected chi connectivity index (χ0v) is 17.4. The largest absolute Gasteiger partial charge is 0.465 e. The first-order valence-electron chi connectivity index (χ1n) is 10.3. The number of aromatic amines is 1. The third-order valence-corrected chi connectivity index (χ3v) is 5.43. The Morgan fingerprint density at radius 3 is 2.74 bits per heavy atom. The van der Waals surface area contributed by atoms with Crippen LogP contribution in [0.4, 0.5) is 15.3 Å². The van der Waals surface area contributed by atoms with Gasteiger partial charge in [0.05, 0.1) is 28.9 Å². The van der Waals surface area contributed by atoms with Crippen LogP contribution in [-0.2, 0) is 4.74 Å². The summed E-state index contributed by atoms with van der Waals surface area (Å²) < 4.78 is 6.91. The number of nitrogens with one attached hydrogen (secondary N) is 2. The highest BCUT2D eigenvalue weighted by Crippen LogP contribution is 2.31. The topological polar surface area (TPSA) is 129 Å². The van der Waals surface area contributed by atoms with Crippen molar-refractivity contribution >= 4 is 34.4 Å². The van der Waals surface area contributed by atoms with Crippen LogP contribution in [0.3, 0.4) is 0 Å². The summed E-state index contributed by atoms with van der Waals surface area (Å²) in [4.78, 5) is 40.1. The number of ether oxygens (including phenoxy) is 1. The molecule has 2 aromatic heterocycles. The maximum Gasteiger partial charge on any atom is 0.411 e. The van der Waals surface area contributed by atoms with Crippen molar-refractivity contribution in [1.29, 1.82) is 0 Å². The van der Waals surface area contributed by atoms with Gasteiger partial charge in [-0.15, -0.1) is 0 Å². The van der Waals surface area contributed by atoms with Crippen molar-refractivity contribution in [2.75, 3.05) is 25.0 Å². The van der Waals surface area contributed by atoms with Gasteiger partial charge in [0, 0.05) is 25.1 Å². The summed E-state index contributed by atoms with van der Waals surface area (Å²) in [6.07, 6.45) is -0.291. The van der Waals surface area contributed by atoms with E-state index in [9.17, 15) is 19.5 Å². The molecule has 1 aliphatic rings. The fourth-order valence-corrected chi connectivity index (χ4v) is 3.94. The highest BCUT2D eigenvalue weighted by atomic mass is 16.5. The Hall–Kier alpha value is -3.56. The molecule has 0 saturated carbocycles. The third-order valence-electron chi connectivity index (χ3n) is 5.43. The van der Waals surface area contributed by atoms with Gasteiger partial charge < -0.3 is 19.7 Å². The lowest BCUT2D eigenvalue weighted by Gasteiger charge is -2.30. The Labute approximate surface area is 177 Å². The molecule has 0 unspecified atom stereocenters. The number of fused-ring (bicyclic) bond motifs is 3. The highest BCUT2D eigenvalue weighted by molar-refractivity contribution is 6.06. The standard InChI is InChI=1S/C21H25N5O5/c1-12(2)11-31-20(28)22-14-4-3-5-15-18(14)19-23-17(27)10-16(26(19)24-15)13-6-8-25(9-7-13)21(29)30/h3-5,10,12-13H,6-9,11H2,1-2H3,(H,22,28)(H,23,27)(H,29,30). The molecular weight excluding hydrogens is 402 g/mol. The van der Waals surface area contributed by atoms with Crippen LogP contribution < -0.4 is 10.9 Å². The monoisotopic (exact) mass is 427 g/mol. The number of carboxylic acid groups (broad SMARTS) is 1. The second kappa shape index (κ2) is 8.29. The number of carbonyl (C=O) groups is 2. The Bertz CT molecular complexity index is 1190. The molecule has 1 aromatic carbocycles. The van der Waals surface area contributed by atoms with E-state index in [1.54, 1.807) is 16.6 Å². The maximum absolute atomic E-state index is 12.5. The van der Waals surface area contributed by atoms with E-state index >= 15 is 0 Å². The van der Waals surface area contributed by atoms with E-state index < -0.39 is 12.2 Å². The maximum atomic E-state index is 12.5. The second-order valence-corrected chi connectivity index (χ2v) is 8.18. The highest BCUT2D eigenvalue weighted by Gasteiger charge is 2.26. The number of piperidine rings is 1. The lowest BCUT2D eigenvalue weighted by Crippen LogP contribution is -2.37. The average Bonchev–Trinajstić information content (AvgIpc) is 3.11. The normalized spacial score (nSPS) is 15.0. The minimum absolute atomic E-state index is 0.00197. The molecule has 0 atom stereocenters. The second-order valence-electron chi connectivity index (χ2n) is 8.18. The number of hydrogen-bond donors (Lipinski definition) is 3. The Kier molecular flexibility index (Phi) is 5.53. The Balaban J connectivity index is 1.72. The summed E-state index contributed by atoms with van der Waals surface area (Å²) in [7, 11) is 0. The summed E-state index contributed by atoms with van der Waals surface area (Å²) in [5.74, 6) is 0.215. The van der Waals surface area contributed by atoms with E-state index in [1.807, 2.05) is 19.9 Å². The van der Waals surface area contributed by atoms with Gasteiger partial charge in [0.25, 0.3) is 5.56 Å². The van der Waals surface area contributed by atoms with Crippen molar-refractivity contribution in [3.63, 3.8) is 0 Å². The van der Waals surface area contributed by atoms with Crippen molar-refractivity contribution in [3.05, 3.63) is 40.3 Å². The van der Waals surface area contributed by atoms with E-state index in [1.165, 1.54) is 11.0 Å². The number of aromatic nitrogens is 3. The molecule has 0 bridgehead atoms. The summed E-state index contributed by atoms with van der Waals surface area (Å²) in [6.45, 7) is 5.01. The number of benzene rings is 1.